The minimum absolute atomic E-state index is 0.0537. The van der Waals surface area contributed by atoms with Crippen LogP contribution in [-0.4, -0.2) is 18.0 Å². The number of rotatable bonds is 4. The summed E-state index contributed by atoms with van der Waals surface area (Å²) in [5.74, 6) is 0.0537. The molecule has 1 unspecified atom stereocenters. The maximum absolute atomic E-state index is 12.0. The number of carbonyl (C=O) groups excluding carboxylic acids is 1. The van der Waals surface area contributed by atoms with E-state index in [-0.39, 0.29) is 11.9 Å². The first-order chi connectivity index (χ1) is 9.06. The van der Waals surface area contributed by atoms with Crippen LogP contribution in [-0.2, 0) is 4.79 Å². The highest BCUT2D eigenvalue weighted by Crippen LogP contribution is 2.26. The van der Waals surface area contributed by atoms with Crippen molar-refractivity contribution >= 4 is 39.1 Å². The highest BCUT2D eigenvalue weighted by molar-refractivity contribution is 9.10. The molecule has 19 heavy (non-hydrogen) atoms. The second kappa shape index (κ2) is 6.62. The van der Waals surface area contributed by atoms with Crippen molar-refractivity contribution in [3.8, 4) is 0 Å². The lowest BCUT2D eigenvalue weighted by atomic mass is 10.2. The second-order valence-electron chi connectivity index (χ2n) is 4.98. The Morgan fingerprint density at radius 1 is 1.42 bits per heavy atom. The predicted molar refractivity (Wildman–Crippen MR) is 82.6 cm³/mol. The summed E-state index contributed by atoms with van der Waals surface area (Å²) in [6, 6.07) is 5.64. The van der Waals surface area contributed by atoms with Gasteiger partial charge in [-0.05, 0) is 53.9 Å². The van der Waals surface area contributed by atoms with Gasteiger partial charge in [0.1, 0.15) is 6.04 Å². The summed E-state index contributed by atoms with van der Waals surface area (Å²) in [7, 11) is 0. The summed E-state index contributed by atoms with van der Waals surface area (Å²) in [6.45, 7) is 1.87. The third-order valence-corrected chi connectivity index (χ3v) is 4.61. The molecular formula is C14H18BrClN2O. The monoisotopic (exact) mass is 344 g/mol. The molecule has 1 saturated carbocycles. The van der Waals surface area contributed by atoms with E-state index in [1.807, 2.05) is 19.1 Å². The molecule has 0 saturated heterocycles. The standard InChI is InChI=1S/C14H18BrClN2O/c1-9(14(19)18-10-4-2-3-5-10)17-11-6-7-13(16)12(15)8-11/h6-10,17H,2-5H2,1H3,(H,18,19). The molecule has 0 radical (unpaired) electrons. The summed E-state index contributed by atoms with van der Waals surface area (Å²) in [4.78, 5) is 12.0. The summed E-state index contributed by atoms with van der Waals surface area (Å²) in [6.07, 6.45) is 4.64. The smallest absolute Gasteiger partial charge is 0.242 e. The molecule has 1 aromatic carbocycles. The highest BCUT2D eigenvalue weighted by atomic mass is 79.9. The first kappa shape index (κ1) is 14.7. The molecule has 2 N–H and O–H groups in total. The maximum Gasteiger partial charge on any atom is 0.242 e. The number of benzene rings is 1. The average Bonchev–Trinajstić information content (AvgIpc) is 2.86. The fraction of sp³-hybridized carbons (Fsp3) is 0.500. The van der Waals surface area contributed by atoms with Crippen LogP contribution >= 0.6 is 27.5 Å². The van der Waals surface area contributed by atoms with Crippen LogP contribution < -0.4 is 10.6 Å². The molecule has 1 fully saturated rings. The Balaban J connectivity index is 1.90. The average molecular weight is 346 g/mol. The van der Waals surface area contributed by atoms with Crippen molar-refractivity contribution in [2.45, 2.75) is 44.7 Å². The molecular weight excluding hydrogens is 328 g/mol. The number of amides is 1. The number of halogens is 2. The van der Waals surface area contributed by atoms with Crippen LogP contribution in [0.4, 0.5) is 5.69 Å². The molecule has 1 aromatic rings. The van der Waals surface area contributed by atoms with Crippen molar-refractivity contribution in [1.82, 2.24) is 5.32 Å². The van der Waals surface area contributed by atoms with Gasteiger partial charge in [-0.15, -0.1) is 0 Å². The third kappa shape index (κ3) is 4.11. The van der Waals surface area contributed by atoms with Crippen molar-refractivity contribution in [1.29, 1.82) is 0 Å². The molecule has 0 aliphatic heterocycles. The molecule has 1 aliphatic rings. The number of anilines is 1. The van der Waals surface area contributed by atoms with Crippen molar-refractivity contribution in [3.05, 3.63) is 27.7 Å². The molecule has 3 nitrogen and oxygen atoms in total. The van der Waals surface area contributed by atoms with E-state index in [1.54, 1.807) is 6.07 Å². The molecule has 104 valence electrons. The molecule has 0 aromatic heterocycles. The molecule has 5 heteroatoms. The van der Waals surface area contributed by atoms with Crippen LogP contribution in [0, 0.1) is 0 Å². The minimum Gasteiger partial charge on any atom is -0.374 e. The molecule has 1 atom stereocenters. The van der Waals surface area contributed by atoms with Gasteiger partial charge in [0.15, 0.2) is 0 Å². The van der Waals surface area contributed by atoms with E-state index in [0.29, 0.717) is 11.1 Å². The first-order valence-corrected chi connectivity index (χ1v) is 7.75. The van der Waals surface area contributed by atoms with Gasteiger partial charge in [0.05, 0.1) is 5.02 Å². The first-order valence-electron chi connectivity index (χ1n) is 6.58. The largest absolute Gasteiger partial charge is 0.374 e. The van der Waals surface area contributed by atoms with Gasteiger partial charge in [-0.3, -0.25) is 4.79 Å². The van der Waals surface area contributed by atoms with Gasteiger partial charge < -0.3 is 10.6 Å². The van der Waals surface area contributed by atoms with Gasteiger partial charge in [-0.25, -0.2) is 0 Å². The van der Waals surface area contributed by atoms with E-state index >= 15 is 0 Å². The predicted octanol–water partition coefficient (Wildman–Crippen LogP) is 3.96. The number of hydrogen-bond donors (Lipinski definition) is 2. The molecule has 0 bridgehead atoms. The lowest BCUT2D eigenvalue weighted by Gasteiger charge is -2.18. The number of carbonyl (C=O) groups is 1. The van der Waals surface area contributed by atoms with Gasteiger partial charge in [-0.2, -0.15) is 0 Å². The van der Waals surface area contributed by atoms with Crippen LogP contribution in [0.2, 0.25) is 5.02 Å². The van der Waals surface area contributed by atoms with Crippen molar-refractivity contribution < 1.29 is 4.79 Å². The van der Waals surface area contributed by atoms with Gasteiger partial charge in [0, 0.05) is 16.2 Å². The lowest BCUT2D eigenvalue weighted by molar-refractivity contribution is -0.122. The van der Waals surface area contributed by atoms with Gasteiger partial charge in [0.25, 0.3) is 0 Å². The number of hydrogen-bond acceptors (Lipinski definition) is 2. The normalized spacial score (nSPS) is 17.2. The van der Waals surface area contributed by atoms with Crippen LogP contribution in [0.5, 0.6) is 0 Å². The van der Waals surface area contributed by atoms with E-state index in [4.69, 9.17) is 11.6 Å². The topological polar surface area (TPSA) is 41.1 Å². The van der Waals surface area contributed by atoms with E-state index in [1.165, 1.54) is 12.8 Å². The zero-order chi connectivity index (χ0) is 13.8. The molecule has 2 rings (SSSR count). The van der Waals surface area contributed by atoms with Crippen LogP contribution in [0.15, 0.2) is 22.7 Å². The Labute approximate surface area is 127 Å². The van der Waals surface area contributed by atoms with E-state index < -0.39 is 0 Å². The SMILES string of the molecule is CC(Nc1ccc(Cl)c(Br)c1)C(=O)NC1CCCC1. The second-order valence-corrected chi connectivity index (χ2v) is 6.25. The van der Waals surface area contributed by atoms with Crippen molar-refractivity contribution in [3.63, 3.8) is 0 Å². The minimum atomic E-state index is -0.256. The number of nitrogens with one attached hydrogen (secondary N) is 2. The van der Waals surface area contributed by atoms with Crippen LogP contribution in [0.1, 0.15) is 32.6 Å². The summed E-state index contributed by atoms with van der Waals surface area (Å²) in [5.41, 5.74) is 0.880. The molecule has 1 amide bonds. The Morgan fingerprint density at radius 2 is 2.11 bits per heavy atom. The molecule has 0 heterocycles. The van der Waals surface area contributed by atoms with Crippen molar-refractivity contribution in [2.75, 3.05) is 5.32 Å². The Hall–Kier alpha value is -0.740. The fourth-order valence-electron chi connectivity index (χ4n) is 2.30. The summed E-state index contributed by atoms with van der Waals surface area (Å²) >= 11 is 9.31. The quantitative estimate of drug-likeness (QED) is 0.867. The molecule has 1 aliphatic carbocycles. The van der Waals surface area contributed by atoms with Crippen molar-refractivity contribution in [2.24, 2.45) is 0 Å². The molecule has 0 spiro atoms. The Bertz CT molecular complexity index is 461. The third-order valence-electron chi connectivity index (χ3n) is 3.40. The Morgan fingerprint density at radius 3 is 2.74 bits per heavy atom. The lowest BCUT2D eigenvalue weighted by Crippen LogP contribution is -2.42. The summed E-state index contributed by atoms with van der Waals surface area (Å²) in [5, 5.41) is 6.93. The van der Waals surface area contributed by atoms with E-state index in [0.717, 1.165) is 23.0 Å². The van der Waals surface area contributed by atoms with Gasteiger partial charge in [-0.1, -0.05) is 24.4 Å². The maximum atomic E-state index is 12.0. The zero-order valence-electron chi connectivity index (χ0n) is 10.9. The van der Waals surface area contributed by atoms with Gasteiger partial charge in [0.2, 0.25) is 5.91 Å². The van der Waals surface area contributed by atoms with E-state index in [2.05, 4.69) is 26.6 Å². The van der Waals surface area contributed by atoms with Crippen LogP contribution in [0.25, 0.3) is 0 Å². The van der Waals surface area contributed by atoms with Crippen LogP contribution in [0.3, 0.4) is 0 Å². The highest BCUT2D eigenvalue weighted by Gasteiger charge is 2.20. The van der Waals surface area contributed by atoms with Gasteiger partial charge >= 0.3 is 0 Å². The summed E-state index contributed by atoms with van der Waals surface area (Å²) < 4.78 is 0.822. The fourth-order valence-corrected chi connectivity index (χ4v) is 2.79. The Kier molecular flexibility index (Phi) is 5.11. The zero-order valence-corrected chi connectivity index (χ0v) is 13.2. The van der Waals surface area contributed by atoms with E-state index in [9.17, 15) is 4.79 Å².